The predicted molar refractivity (Wildman–Crippen MR) is 78.2 cm³/mol. The summed E-state index contributed by atoms with van der Waals surface area (Å²) in [5, 5.41) is 0. The van der Waals surface area contributed by atoms with E-state index in [1.165, 1.54) is 47.4 Å². The molecule has 22 heavy (non-hydrogen) atoms. The van der Waals surface area contributed by atoms with Gasteiger partial charge in [-0.1, -0.05) is 12.1 Å². The number of ketones is 1. The summed E-state index contributed by atoms with van der Waals surface area (Å²) in [4.78, 5) is 28.4. The summed E-state index contributed by atoms with van der Waals surface area (Å²) in [6.45, 7) is 0. The summed E-state index contributed by atoms with van der Waals surface area (Å²) >= 11 is 0. The number of rotatable bonds is 3. The van der Waals surface area contributed by atoms with Crippen LogP contribution in [0, 0.1) is 5.82 Å². The van der Waals surface area contributed by atoms with E-state index in [9.17, 15) is 14.0 Å². The first kappa shape index (κ1) is 13.9. The number of pyridine rings is 1. The molecule has 108 valence electrons. The molecule has 0 amide bonds. The number of benzene rings is 1. The summed E-state index contributed by atoms with van der Waals surface area (Å²) in [5.41, 5.74) is 0.731. The lowest BCUT2D eigenvalue weighted by Gasteiger charge is -2.02. The molecule has 4 nitrogen and oxygen atoms in total. The van der Waals surface area contributed by atoms with Gasteiger partial charge in [0.25, 0.3) is 5.91 Å². The second kappa shape index (κ2) is 5.73. The van der Waals surface area contributed by atoms with Crippen LogP contribution in [0.15, 0.2) is 67.3 Å². The highest BCUT2D eigenvalue weighted by atomic mass is 19.1. The van der Waals surface area contributed by atoms with Crippen LogP contribution in [0.1, 0.15) is 26.3 Å². The van der Waals surface area contributed by atoms with E-state index in [1.54, 1.807) is 24.4 Å². The van der Waals surface area contributed by atoms with E-state index in [2.05, 4.69) is 4.98 Å². The van der Waals surface area contributed by atoms with Crippen LogP contribution in [0.5, 0.6) is 0 Å². The maximum Gasteiger partial charge on any atom is 0.264 e. The van der Waals surface area contributed by atoms with E-state index in [0.717, 1.165) is 0 Å². The predicted octanol–water partition coefficient (Wildman–Crippen LogP) is 2.94. The van der Waals surface area contributed by atoms with Gasteiger partial charge >= 0.3 is 0 Å². The molecule has 2 heterocycles. The van der Waals surface area contributed by atoms with Crippen LogP contribution < -0.4 is 0 Å². The van der Waals surface area contributed by atoms with Gasteiger partial charge in [0.1, 0.15) is 5.82 Å². The van der Waals surface area contributed by atoms with Crippen LogP contribution >= 0.6 is 0 Å². The minimum absolute atomic E-state index is 0.0431. The van der Waals surface area contributed by atoms with Crippen molar-refractivity contribution in [2.24, 2.45) is 0 Å². The average molecular weight is 294 g/mol. The van der Waals surface area contributed by atoms with Gasteiger partial charge in [-0.2, -0.15) is 0 Å². The van der Waals surface area contributed by atoms with Crippen LogP contribution in [0.25, 0.3) is 0 Å². The first-order valence-corrected chi connectivity index (χ1v) is 6.59. The molecular weight excluding hydrogens is 283 g/mol. The molecule has 0 N–H and O–H groups in total. The van der Waals surface area contributed by atoms with Crippen molar-refractivity contribution in [1.82, 2.24) is 9.55 Å². The lowest BCUT2D eigenvalue weighted by Crippen LogP contribution is -2.12. The van der Waals surface area contributed by atoms with Crippen molar-refractivity contribution in [1.29, 1.82) is 0 Å². The number of carbonyl (C=O) groups is 2. The molecule has 0 aliphatic rings. The zero-order valence-corrected chi connectivity index (χ0v) is 11.4. The monoisotopic (exact) mass is 294 g/mol. The maximum absolute atomic E-state index is 13.6. The fraction of sp³-hybridized carbons (Fsp3) is 0. The minimum atomic E-state index is -0.596. The Morgan fingerprint density at radius 2 is 1.82 bits per heavy atom. The lowest BCUT2D eigenvalue weighted by molar-refractivity contribution is 0.0956. The Balaban J connectivity index is 1.90. The van der Waals surface area contributed by atoms with Crippen LogP contribution in [-0.2, 0) is 0 Å². The third kappa shape index (κ3) is 2.56. The molecule has 0 radical (unpaired) electrons. The highest BCUT2D eigenvalue weighted by molar-refractivity contribution is 6.09. The zero-order chi connectivity index (χ0) is 15.5. The van der Waals surface area contributed by atoms with Crippen LogP contribution in [0.4, 0.5) is 4.39 Å². The van der Waals surface area contributed by atoms with Crippen LogP contribution in [-0.4, -0.2) is 21.2 Å². The van der Waals surface area contributed by atoms with Gasteiger partial charge in [0.05, 0.1) is 5.56 Å². The van der Waals surface area contributed by atoms with E-state index in [0.29, 0.717) is 11.1 Å². The number of aromatic nitrogens is 2. The smallest absolute Gasteiger partial charge is 0.264 e. The second-order valence-corrected chi connectivity index (χ2v) is 4.66. The Labute approximate surface area is 125 Å². The molecule has 0 spiro atoms. The first-order chi connectivity index (χ1) is 10.7. The fourth-order valence-corrected chi connectivity index (χ4v) is 2.09. The molecule has 0 bridgehead atoms. The van der Waals surface area contributed by atoms with E-state index < -0.39 is 11.7 Å². The molecule has 0 aliphatic heterocycles. The van der Waals surface area contributed by atoms with Gasteiger partial charge in [-0.3, -0.25) is 19.1 Å². The highest BCUT2D eigenvalue weighted by Gasteiger charge is 2.16. The Morgan fingerprint density at radius 3 is 2.55 bits per heavy atom. The van der Waals surface area contributed by atoms with Gasteiger partial charge < -0.3 is 0 Å². The highest BCUT2D eigenvalue weighted by Crippen LogP contribution is 2.13. The Kier molecular flexibility index (Phi) is 3.62. The van der Waals surface area contributed by atoms with E-state index >= 15 is 0 Å². The van der Waals surface area contributed by atoms with Gasteiger partial charge in [-0.25, -0.2) is 4.39 Å². The average Bonchev–Trinajstić information content (AvgIpc) is 3.05. The van der Waals surface area contributed by atoms with Crippen molar-refractivity contribution in [3.05, 3.63) is 89.8 Å². The van der Waals surface area contributed by atoms with E-state index in [-0.39, 0.29) is 11.3 Å². The summed E-state index contributed by atoms with van der Waals surface area (Å²) in [6.07, 6.45) is 5.87. The standard InChI is InChI=1S/C17H11FN2O2/c18-15-6-2-1-5-14(15)17(22)20-9-7-13(11-20)16(21)12-4-3-8-19-10-12/h1-11H. The van der Waals surface area contributed by atoms with Crippen molar-refractivity contribution >= 4 is 11.7 Å². The molecule has 0 aliphatic carbocycles. The first-order valence-electron chi connectivity index (χ1n) is 6.59. The number of hydrogen-bond acceptors (Lipinski definition) is 3. The summed E-state index contributed by atoms with van der Waals surface area (Å²) in [5.74, 6) is -1.36. The van der Waals surface area contributed by atoms with Gasteiger partial charge in [-0.15, -0.1) is 0 Å². The second-order valence-electron chi connectivity index (χ2n) is 4.66. The van der Waals surface area contributed by atoms with Crippen LogP contribution in [0.2, 0.25) is 0 Å². The van der Waals surface area contributed by atoms with Crippen molar-refractivity contribution in [2.75, 3.05) is 0 Å². The molecule has 3 aromatic rings. The molecule has 0 fully saturated rings. The molecule has 0 atom stereocenters. The number of halogens is 1. The molecule has 5 heteroatoms. The van der Waals surface area contributed by atoms with Crippen molar-refractivity contribution < 1.29 is 14.0 Å². The summed E-state index contributed by atoms with van der Waals surface area (Å²) in [6, 6.07) is 10.5. The molecule has 2 aromatic heterocycles. The summed E-state index contributed by atoms with van der Waals surface area (Å²) < 4.78 is 14.8. The molecule has 0 unspecified atom stereocenters. The Hall–Kier alpha value is -3.08. The molecule has 0 saturated heterocycles. The molecule has 1 aromatic carbocycles. The van der Waals surface area contributed by atoms with Gasteiger partial charge in [0, 0.05) is 35.9 Å². The van der Waals surface area contributed by atoms with Gasteiger partial charge in [0.2, 0.25) is 0 Å². The minimum Gasteiger partial charge on any atom is -0.290 e. The zero-order valence-electron chi connectivity index (χ0n) is 11.4. The largest absolute Gasteiger partial charge is 0.290 e. The molecule has 3 rings (SSSR count). The fourth-order valence-electron chi connectivity index (χ4n) is 2.09. The normalized spacial score (nSPS) is 10.4. The lowest BCUT2D eigenvalue weighted by atomic mass is 10.1. The SMILES string of the molecule is O=C(c1cccnc1)c1ccn(C(=O)c2ccccc2F)c1. The summed E-state index contributed by atoms with van der Waals surface area (Å²) in [7, 11) is 0. The third-order valence-corrected chi connectivity index (χ3v) is 3.22. The van der Waals surface area contributed by atoms with Crippen molar-refractivity contribution in [3.8, 4) is 0 Å². The maximum atomic E-state index is 13.6. The van der Waals surface area contributed by atoms with E-state index in [1.807, 2.05) is 0 Å². The number of carbonyl (C=O) groups excluding carboxylic acids is 2. The number of nitrogens with zero attached hydrogens (tertiary/aromatic N) is 2. The van der Waals surface area contributed by atoms with Crippen molar-refractivity contribution in [3.63, 3.8) is 0 Å². The number of hydrogen-bond donors (Lipinski definition) is 0. The van der Waals surface area contributed by atoms with Gasteiger partial charge in [-0.05, 0) is 30.3 Å². The molecule has 0 saturated carbocycles. The Bertz CT molecular complexity index is 841. The van der Waals surface area contributed by atoms with Crippen molar-refractivity contribution in [2.45, 2.75) is 0 Å². The van der Waals surface area contributed by atoms with E-state index in [4.69, 9.17) is 0 Å². The molecular formula is C17H11FN2O2. The third-order valence-electron chi connectivity index (χ3n) is 3.22. The van der Waals surface area contributed by atoms with Crippen LogP contribution in [0.3, 0.4) is 0 Å². The topological polar surface area (TPSA) is 52.0 Å². The quantitative estimate of drug-likeness (QED) is 0.698. The van der Waals surface area contributed by atoms with Gasteiger partial charge in [0.15, 0.2) is 5.78 Å². The Morgan fingerprint density at radius 1 is 1.00 bits per heavy atom.